The maximum atomic E-state index is 5.47. The predicted octanol–water partition coefficient (Wildman–Crippen LogP) is 0.722. The predicted molar refractivity (Wildman–Crippen MR) is 43.8 cm³/mol. The molecule has 3 N–H and O–H groups in total. The maximum Gasteiger partial charge on any atom is 0.0164 e. The zero-order valence-corrected chi connectivity index (χ0v) is 7.15. The summed E-state index contributed by atoms with van der Waals surface area (Å²) in [5.74, 6) is 0. The Balaban J connectivity index is 2.17. The number of nitrogens with one attached hydrogen (secondary N) is 1. The normalized spacial score (nSPS) is 31.8. The monoisotopic (exact) mass is 142 g/mol. The Kier molecular flexibility index (Phi) is 2.02. The van der Waals surface area contributed by atoms with Crippen molar-refractivity contribution in [3.63, 3.8) is 0 Å². The van der Waals surface area contributed by atoms with Gasteiger partial charge < -0.3 is 11.1 Å². The zero-order valence-electron chi connectivity index (χ0n) is 7.15. The second-order valence-electron chi connectivity index (χ2n) is 4.05. The Morgan fingerprint density at radius 2 is 2.20 bits per heavy atom. The average molecular weight is 142 g/mol. The Morgan fingerprint density at radius 3 is 2.50 bits per heavy atom. The van der Waals surface area contributed by atoms with Crippen molar-refractivity contribution in [2.75, 3.05) is 6.54 Å². The summed E-state index contributed by atoms with van der Waals surface area (Å²) in [4.78, 5) is 0. The van der Waals surface area contributed by atoms with Crippen LogP contribution < -0.4 is 11.1 Å². The van der Waals surface area contributed by atoms with Crippen LogP contribution in [0.25, 0.3) is 0 Å². The summed E-state index contributed by atoms with van der Waals surface area (Å²) in [5.41, 5.74) is 6.01. The lowest BCUT2D eigenvalue weighted by Crippen LogP contribution is -2.36. The fourth-order valence-corrected chi connectivity index (χ4v) is 1.16. The molecular formula is C8H18N2. The molecule has 0 saturated heterocycles. The molecule has 60 valence electrons. The maximum absolute atomic E-state index is 5.47. The molecule has 1 aliphatic carbocycles. The third kappa shape index (κ3) is 1.70. The van der Waals surface area contributed by atoms with Crippen molar-refractivity contribution in [2.24, 2.45) is 11.1 Å². The Labute approximate surface area is 63.2 Å². The first-order chi connectivity index (χ1) is 4.56. The van der Waals surface area contributed by atoms with E-state index in [1.54, 1.807) is 0 Å². The molecule has 0 aliphatic heterocycles. The Morgan fingerprint density at radius 1 is 1.70 bits per heavy atom. The van der Waals surface area contributed by atoms with Gasteiger partial charge in [-0.25, -0.2) is 0 Å². The van der Waals surface area contributed by atoms with Crippen molar-refractivity contribution < 1.29 is 0 Å². The first-order valence-electron chi connectivity index (χ1n) is 4.02. The van der Waals surface area contributed by atoms with Gasteiger partial charge in [-0.1, -0.05) is 13.8 Å². The Hall–Kier alpha value is -0.0800. The highest BCUT2D eigenvalue weighted by Gasteiger charge is 2.45. The molecule has 2 unspecified atom stereocenters. The van der Waals surface area contributed by atoms with E-state index in [0.717, 1.165) is 6.54 Å². The molecule has 0 radical (unpaired) electrons. The molecule has 0 aromatic carbocycles. The summed E-state index contributed by atoms with van der Waals surface area (Å²) in [6.07, 6.45) is 1.30. The van der Waals surface area contributed by atoms with Gasteiger partial charge in [0.1, 0.15) is 0 Å². The van der Waals surface area contributed by atoms with Crippen LogP contribution in [0.3, 0.4) is 0 Å². The molecule has 0 amide bonds. The van der Waals surface area contributed by atoms with Crippen LogP contribution in [0.4, 0.5) is 0 Å². The minimum atomic E-state index is 0.478. The Bertz CT molecular complexity index is 120. The molecule has 2 atom stereocenters. The van der Waals surface area contributed by atoms with Gasteiger partial charge in [-0.05, 0) is 18.8 Å². The smallest absolute Gasteiger partial charge is 0.0164 e. The van der Waals surface area contributed by atoms with E-state index in [-0.39, 0.29) is 0 Å². The van der Waals surface area contributed by atoms with Crippen molar-refractivity contribution in [3.05, 3.63) is 0 Å². The van der Waals surface area contributed by atoms with E-state index in [0.29, 0.717) is 17.5 Å². The van der Waals surface area contributed by atoms with Crippen LogP contribution in [-0.4, -0.2) is 18.6 Å². The van der Waals surface area contributed by atoms with E-state index in [1.807, 2.05) is 0 Å². The highest BCUT2D eigenvalue weighted by molar-refractivity contribution is 5.02. The van der Waals surface area contributed by atoms with Crippen molar-refractivity contribution in [2.45, 2.75) is 39.3 Å². The van der Waals surface area contributed by atoms with Gasteiger partial charge in [-0.15, -0.1) is 0 Å². The van der Waals surface area contributed by atoms with E-state index in [2.05, 4.69) is 26.1 Å². The van der Waals surface area contributed by atoms with Gasteiger partial charge in [-0.2, -0.15) is 0 Å². The van der Waals surface area contributed by atoms with E-state index < -0.39 is 0 Å². The van der Waals surface area contributed by atoms with Gasteiger partial charge in [0.25, 0.3) is 0 Å². The van der Waals surface area contributed by atoms with Crippen LogP contribution >= 0.6 is 0 Å². The lowest BCUT2D eigenvalue weighted by Gasteiger charge is -2.11. The molecule has 0 spiro atoms. The van der Waals surface area contributed by atoms with Crippen LogP contribution in [0.15, 0.2) is 0 Å². The van der Waals surface area contributed by atoms with Crippen molar-refractivity contribution in [3.8, 4) is 0 Å². The molecule has 1 aliphatic rings. The summed E-state index contributed by atoms with van der Waals surface area (Å²) in [7, 11) is 0. The molecule has 0 aromatic rings. The first kappa shape index (κ1) is 8.02. The van der Waals surface area contributed by atoms with Crippen molar-refractivity contribution >= 4 is 0 Å². The van der Waals surface area contributed by atoms with Crippen molar-refractivity contribution in [1.82, 2.24) is 5.32 Å². The highest BCUT2D eigenvalue weighted by atomic mass is 15.0. The molecule has 1 fully saturated rings. The van der Waals surface area contributed by atoms with Crippen LogP contribution in [0.5, 0.6) is 0 Å². The van der Waals surface area contributed by atoms with E-state index >= 15 is 0 Å². The van der Waals surface area contributed by atoms with E-state index in [1.165, 1.54) is 6.42 Å². The number of rotatable bonds is 3. The van der Waals surface area contributed by atoms with Crippen LogP contribution in [0.1, 0.15) is 27.2 Å². The average Bonchev–Trinajstić information content (AvgIpc) is 2.40. The largest absolute Gasteiger partial charge is 0.329 e. The van der Waals surface area contributed by atoms with Crippen LogP contribution in [0.2, 0.25) is 0 Å². The zero-order chi connectivity index (χ0) is 7.78. The number of hydrogen-bond donors (Lipinski definition) is 2. The van der Waals surface area contributed by atoms with Gasteiger partial charge in [0.05, 0.1) is 0 Å². The first-order valence-corrected chi connectivity index (χ1v) is 4.02. The molecular weight excluding hydrogens is 124 g/mol. The van der Waals surface area contributed by atoms with Gasteiger partial charge in [0, 0.05) is 18.6 Å². The van der Waals surface area contributed by atoms with Gasteiger partial charge in [0.2, 0.25) is 0 Å². The minimum Gasteiger partial charge on any atom is -0.329 e. The lowest BCUT2D eigenvalue weighted by atomic mass is 10.2. The second kappa shape index (κ2) is 2.51. The molecule has 1 rings (SSSR count). The molecule has 0 aromatic heterocycles. The highest BCUT2D eigenvalue weighted by Crippen LogP contribution is 2.44. The second-order valence-corrected chi connectivity index (χ2v) is 4.05. The number of hydrogen-bond acceptors (Lipinski definition) is 2. The van der Waals surface area contributed by atoms with Gasteiger partial charge >= 0.3 is 0 Å². The lowest BCUT2D eigenvalue weighted by molar-refractivity contribution is 0.485. The van der Waals surface area contributed by atoms with Crippen molar-refractivity contribution in [1.29, 1.82) is 0 Å². The third-order valence-corrected chi connectivity index (χ3v) is 2.35. The van der Waals surface area contributed by atoms with Crippen LogP contribution in [-0.2, 0) is 0 Å². The molecule has 0 heterocycles. The summed E-state index contributed by atoms with van der Waals surface area (Å²) in [5, 5.41) is 3.47. The summed E-state index contributed by atoms with van der Waals surface area (Å²) < 4.78 is 0. The molecule has 1 saturated carbocycles. The molecule has 2 nitrogen and oxygen atoms in total. The molecule has 2 heteroatoms. The van der Waals surface area contributed by atoms with Gasteiger partial charge in [-0.3, -0.25) is 0 Å². The number of nitrogens with two attached hydrogens (primary N) is 1. The topological polar surface area (TPSA) is 38.0 Å². The van der Waals surface area contributed by atoms with E-state index in [4.69, 9.17) is 5.73 Å². The van der Waals surface area contributed by atoms with Crippen LogP contribution in [0, 0.1) is 5.41 Å². The molecule has 10 heavy (non-hydrogen) atoms. The van der Waals surface area contributed by atoms with Gasteiger partial charge in [0.15, 0.2) is 0 Å². The van der Waals surface area contributed by atoms with E-state index in [9.17, 15) is 0 Å². The summed E-state index contributed by atoms with van der Waals surface area (Å²) >= 11 is 0. The summed E-state index contributed by atoms with van der Waals surface area (Å²) in [6, 6.07) is 1.19. The summed E-state index contributed by atoms with van der Waals surface area (Å²) in [6.45, 7) is 7.45. The third-order valence-electron chi connectivity index (χ3n) is 2.35. The SMILES string of the molecule is CC(CN)NC1CC1(C)C. The fraction of sp³-hybridized carbons (Fsp3) is 1.00. The quantitative estimate of drug-likeness (QED) is 0.609. The fourth-order valence-electron chi connectivity index (χ4n) is 1.16. The molecule has 0 bridgehead atoms. The minimum absolute atomic E-state index is 0.478. The standard InChI is InChI=1S/C8H18N2/c1-6(5-9)10-7-4-8(7,2)3/h6-7,10H,4-5,9H2,1-3H3.